The van der Waals surface area contributed by atoms with Crippen LogP contribution < -0.4 is 26.6 Å². The summed E-state index contributed by atoms with van der Waals surface area (Å²) in [5.74, 6) is -0.162. The molecular formula is C29H36N8O. The summed E-state index contributed by atoms with van der Waals surface area (Å²) in [7, 11) is 0. The average Bonchev–Trinajstić information content (AvgIpc) is 3.63. The number of benzene rings is 1. The lowest BCUT2D eigenvalue weighted by atomic mass is 9.88. The molecule has 3 heterocycles. The first-order chi connectivity index (χ1) is 18.0. The van der Waals surface area contributed by atoms with Crippen LogP contribution in [0, 0.1) is 11.3 Å². The molecule has 1 atom stereocenters. The van der Waals surface area contributed by atoms with Crippen LogP contribution in [0.3, 0.4) is 0 Å². The second-order valence-corrected chi connectivity index (χ2v) is 11.5. The molecule has 1 aromatic heterocycles. The number of carbonyl (C=O) groups is 1. The number of rotatable bonds is 7. The van der Waals surface area contributed by atoms with Gasteiger partial charge in [-0.05, 0) is 82.9 Å². The van der Waals surface area contributed by atoms with Crippen molar-refractivity contribution >= 4 is 23.6 Å². The maximum absolute atomic E-state index is 13.0. The molecule has 2 aliphatic heterocycles. The van der Waals surface area contributed by atoms with E-state index >= 15 is 0 Å². The summed E-state index contributed by atoms with van der Waals surface area (Å²) in [5, 5.41) is 26.2. The van der Waals surface area contributed by atoms with Gasteiger partial charge in [0, 0.05) is 36.4 Å². The van der Waals surface area contributed by atoms with Gasteiger partial charge in [-0.2, -0.15) is 5.26 Å². The van der Waals surface area contributed by atoms with Crippen LogP contribution in [-0.2, 0) is 22.2 Å². The van der Waals surface area contributed by atoms with Gasteiger partial charge in [-0.25, -0.2) is 9.98 Å². The Kier molecular flexibility index (Phi) is 6.40. The number of nitrogens with one attached hydrogen (secondary N) is 5. The van der Waals surface area contributed by atoms with E-state index in [1.54, 1.807) is 6.21 Å². The third-order valence-electron chi connectivity index (χ3n) is 7.37. The summed E-state index contributed by atoms with van der Waals surface area (Å²) in [6.45, 7) is 11.3. The first kappa shape index (κ1) is 25.7. The molecule has 1 aliphatic carbocycles. The van der Waals surface area contributed by atoms with E-state index in [-0.39, 0.29) is 11.9 Å². The molecule has 2 aromatic rings. The topological polar surface area (TPSA) is 126 Å². The van der Waals surface area contributed by atoms with Crippen LogP contribution in [0.15, 0.2) is 52.8 Å². The normalized spacial score (nSPS) is 21.4. The van der Waals surface area contributed by atoms with E-state index < -0.39 is 11.2 Å². The Balaban J connectivity index is 1.42. The summed E-state index contributed by atoms with van der Waals surface area (Å²) < 4.78 is 0. The number of pyridine rings is 1. The first-order valence-electron chi connectivity index (χ1n) is 13.2. The van der Waals surface area contributed by atoms with Crippen molar-refractivity contribution in [3.8, 4) is 6.07 Å². The van der Waals surface area contributed by atoms with Crippen molar-refractivity contribution in [3.05, 3.63) is 64.6 Å². The number of anilines is 2. The predicted molar refractivity (Wildman–Crippen MR) is 150 cm³/mol. The van der Waals surface area contributed by atoms with Gasteiger partial charge in [-0.1, -0.05) is 12.1 Å². The van der Waals surface area contributed by atoms with Gasteiger partial charge in [0.05, 0.1) is 22.8 Å². The zero-order valence-corrected chi connectivity index (χ0v) is 22.7. The highest BCUT2D eigenvalue weighted by atomic mass is 16.1. The first-order valence-corrected chi connectivity index (χ1v) is 13.2. The minimum Gasteiger partial charge on any atom is -0.350 e. The lowest BCUT2D eigenvalue weighted by Crippen LogP contribution is -2.52. The Labute approximate surface area is 224 Å². The molecule has 1 aromatic carbocycles. The maximum atomic E-state index is 13.0. The van der Waals surface area contributed by atoms with Gasteiger partial charge in [0.1, 0.15) is 11.6 Å². The fraction of sp³-hybridized carbons (Fsp3) is 0.448. The van der Waals surface area contributed by atoms with Crippen molar-refractivity contribution in [3.63, 3.8) is 0 Å². The third-order valence-corrected chi connectivity index (χ3v) is 7.37. The molecule has 1 saturated carbocycles. The molecule has 1 spiro atoms. The van der Waals surface area contributed by atoms with Crippen molar-refractivity contribution in [2.24, 2.45) is 4.99 Å². The number of carbonyl (C=O) groups excluding carboxylic acids is 1. The van der Waals surface area contributed by atoms with Gasteiger partial charge >= 0.3 is 0 Å². The molecule has 0 bridgehead atoms. The lowest BCUT2D eigenvalue weighted by Gasteiger charge is -2.35. The largest absolute Gasteiger partial charge is 0.350 e. The molecule has 0 saturated heterocycles. The summed E-state index contributed by atoms with van der Waals surface area (Å²) in [4.78, 5) is 22.4. The molecule has 1 amide bonds. The number of fused-ring (bicyclic) bond motifs is 2. The fourth-order valence-corrected chi connectivity index (χ4v) is 5.06. The van der Waals surface area contributed by atoms with Crippen LogP contribution in [0.2, 0.25) is 0 Å². The number of nitriles is 1. The molecular weight excluding hydrogens is 476 g/mol. The molecule has 1 fully saturated rings. The highest BCUT2D eigenvalue weighted by Crippen LogP contribution is 2.50. The second-order valence-electron chi connectivity index (χ2n) is 11.5. The van der Waals surface area contributed by atoms with E-state index in [0.29, 0.717) is 28.3 Å². The zero-order chi connectivity index (χ0) is 27.1. The minimum absolute atomic E-state index is 0.0344. The standard InChI is InChI=1S/C29H36N8O/c1-18(2)33-26(38)21-15-32-28(5,36-20-9-10-22-19(13-20)14-31-17-29(22)11-12-29)37-25(21)35-24-8-6-7-23(34-24)27(3,4)16-30/h6-10,13,15,18,31,36-37H,11-12,14,17H2,1-5H3,(H,33,38)(H,34,35). The summed E-state index contributed by atoms with van der Waals surface area (Å²) >= 11 is 0. The maximum Gasteiger partial charge on any atom is 0.256 e. The van der Waals surface area contributed by atoms with Crippen molar-refractivity contribution < 1.29 is 4.79 Å². The molecule has 9 nitrogen and oxygen atoms in total. The van der Waals surface area contributed by atoms with E-state index in [9.17, 15) is 10.1 Å². The van der Waals surface area contributed by atoms with Crippen LogP contribution >= 0.6 is 0 Å². The van der Waals surface area contributed by atoms with Crippen molar-refractivity contribution in [1.29, 1.82) is 5.26 Å². The molecule has 3 aliphatic rings. The van der Waals surface area contributed by atoms with Gasteiger partial charge in [-0.15, -0.1) is 0 Å². The SMILES string of the molecule is CC(C)NC(=O)C1=C(Nc2cccc(C(C)(C)C#N)n2)NC(C)(Nc2ccc3c(c2)CNCC32CC2)N=C1. The Morgan fingerprint density at radius 2 is 2.00 bits per heavy atom. The Morgan fingerprint density at radius 1 is 1.21 bits per heavy atom. The van der Waals surface area contributed by atoms with Gasteiger partial charge in [-0.3, -0.25) is 4.79 Å². The Bertz CT molecular complexity index is 1360. The highest BCUT2D eigenvalue weighted by molar-refractivity contribution is 6.13. The number of aromatic nitrogens is 1. The lowest BCUT2D eigenvalue weighted by molar-refractivity contribution is -0.117. The number of amides is 1. The van der Waals surface area contributed by atoms with E-state index in [2.05, 4.69) is 55.8 Å². The van der Waals surface area contributed by atoms with Crippen LogP contribution in [0.4, 0.5) is 11.5 Å². The Hall–Kier alpha value is -3.90. The smallest absolute Gasteiger partial charge is 0.256 e. The number of hydrogen-bond acceptors (Lipinski definition) is 8. The van der Waals surface area contributed by atoms with Crippen LogP contribution in [-0.4, -0.2) is 35.5 Å². The van der Waals surface area contributed by atoms with Crippen LogP contribution in [0.1, 0.15) is 64.3 Å². The zero-order valence-electron chi connectivity index (χ0n) is 22.7. The predicted octanol–water partition coefficient (Wildman–Crippen LogP) is 3.63. The summed E-state index contributed by atoms with van der Waals surface area (Å²) in [5.41, 5.74) is 4.29. The molecule has 0 radical (unpaired) electrons. The highest BCUT2D eigenvalue weighted by Gasteiger charge is 2.46. The fourth-order valence-electron chi connectivity index (χ4n) is 5.06. The summed E-state index contributed by atoms with van der Waals surface area (Å²) in [6.07, 6.45) is 4.07. The van der Waals surface area contributed by atoms with Crippen molar-refractivity contribution in [1.82, 2.24) is 20.9 Å². The number of aliphatic imine (C=N–C) groups is 1. The van der Waals surface area contributed by atoms with Crippen molar-refractivity contribution in [2.45, 2.75) is 76.7 Å². The van der Waals surface area contributed by atoms with Crippen LogP contribution in [0.5, 0.6) is 0 Å². The van der Waals surface area contributed by atoms with E-state index in [1.165, 1.54) is 24.0 Å². The minimum atomic E-state index is -0.916. The van der Waals surface area contributed by atoms with Crippen molar-refractivity contribution in [2.75, 3.05) is 17.2 Å². The number of hydrogen-bond donors (Lipinski definition) is 5. The third kappa shape index (κ3) is 5.09. The summed E-state index contributed by atoms with van der Waals surface area (Å²) in [6, 6.07) is 14.3. The van der Waals surface area contributed by atoms with E-state index in [4.69, 9.17) is 4.99 Å². The Morgan fingerprint density at radius 3 is 2.71 bits per heavy atom. The van der Waals surface area contributed by atoms with Gasteiger partial charge in [0.2, 0.25) is 5.79 Å². The molecule has 38 heavy (non-hydrogen) atoms. The molecule has 5 N–H and O–H groups in total. The molecule has 198 valence electrons. The van der Waals surface area contributed by atoms with Gasteiger partial charge < -0.3 is 26.6 Å². The second kappa shape index (κ2) is 9.44. The quantitative estimate of drug-likeness (QED) is 0.384. The number of nitrogens with zero attached hydrogens (tertiary/aromatic N) is 3. The van der Waals surface area contributed by atoms with Gasteiger partial charge in [0.25, 0.3) is 5.91 Å². The molecule has 5 rings (SSSR count). The molecule has 9 heteroatoms. The van der Waals surface area contributed by atoms with Crippen LogP contribution in [0.25, 0.3) is 0 Å². The van der Waals surface area contributed by atoms with Gasteiger partial charge in [0.15, 0.2) is 0 Å². The monoisotopic (exact) mass is 512 g/mol. The van der Waals surface area contributed by atoms with E-state index in [0.717, 1.165) is 18.8 Å². The average molecular weight is 513 g/mol. The molecule has 1 unspecified atom stereocenters. The van der Waals surface area contributed by atoms with E-state index in [1.807, 2.05) is 52.8 Å².